The minimum absolute atomic E-state index is 0.110. The van der Waals surface area contributed by atoms with Gasteiger partial charge in [0.2, 0.25) is 10.0 Å². The maximum Gasteiger partial charge on any atom is 0.254 e. The van der Waals surface area contributed by atoms with Crippen LogP contribution in [0.5, 0.6) is 0 Å². The molecule has 122 valence electrons. The van der Waals surface area contributed by atoms with Gasteiger partial charge in [-0.15, -0.1) is 0 Å². The summed E-state index contributed by atoms with van der Waals surface area (Å²) in [6.07, 6.45) is 0. The van der Waals surface area contributed by atoms with Gasteiger partial charge in [0, 0.05) is 19.2 Å². The Hall–Kier alpha value is -2.25. The van der Waals surface area contributed by atoms with E-state index < -0.39 is 10.0 Å². The number of halogens is 1. The van der Waals surface area contributed by atoms with E-state index in [9.17, 15) is 17.6 Å². The average Bonchev–Trinajstić information content (AvgIpc) is 2.48. The van der Waals surface area contributed by atoms with Crippen LogP contribution in [-0.2, 0) is 16.6 Å². The highest BCUT2D eigenvalue weighted by atomic mass is 32.2. The molecule has 0 unspecified atom stereocenters. The first-order valence-electron chi connectivity index (χ1n) is 6.82. The first-order chi connectivity index (χ1) is 10.7. The molecular formula is C16H17FN2O3S. The van der Waals surface area contributed by atoms with Crippen LogP contribution in [0.15, 0.2) is 47.4 Å². The average molecular weight is 336 g/mol. The van der Waals surface area contributed by atoms with E-state index in [0.717, 1.165) is 5.56 Å². The number of carbonyl (C=O) groups excluding carboxylic acids is 1. The predicted molar refractivity (Wildman–Crippen MR) is 84.7 cm³/mol. The number of amides is 1. The van der Waals surface area contributed by atoms with Crippen molar-refractivity contribution in [3.63, 3.8) is 0 Å². The van der Waals surface area contributed by atoms with Crippen LogP contribution in [0.25, 0.3) is 0 Å². The summed E-state index contributed by atoms with van der Waals surface area (Å²) in [4.78, 5) is 13.9. The van der Waals surface area contributed by atoms with E-state index in [1.54, 1.807) is 32.2 Å². The van der Waals surface area contributed by atoms with Gasteiger partial charge in [-0.25, -0.2) is 17.9 Å². The lowest BCUT2D eigenvalue weighted by molar-refractivity contribution is 0.0784. The van der Waals surface area contributed by atoms with Crippen molar-refractivity contribution in [2.75, 3.05) is 7.05 Å². The molecule has 23 heavy (non-hydrogen) atoms. The van der Waals surface area contributed by atoms with Crippen LogP contribution in [0.2, 0.25) is 0 Å². The Labute approximate surface area is 134 Å². The number of rotatable bonds is 4. The summed E-state index contributed by atoms with van der Waals surface area (Å²) < 4.78 is 35.8. The van der Waals surface area contributed by atoms with Gasteiger partial charge in [0.1, 0.15) is 5.82 Å². The number of sulfonamides is 1. The second kappa shape index (κ2) is 6.47. The molecule has 2 aromatic rings. The lowest BCUT2D eigenvalue weighted by Crippen LogP contribution is -2.27. The lowest BCUT2D eigenvalue weighted by Gasteiger charge is -2.19. The molecule has 0 aliphatic heterocycles. The summed E-state index contributed by atoms with van der Waals surface area (Å²) in [7, 11) is -2.29. The summed E-state index contributed by atoms with van der Waals surface area (Å²) in [6, 6.07) is 9.99. The van der Waals surface area contributed by atoms with Gasteiger partial charge in [0.15, 0.2) is 0 Å². The van der Waals surface area contributed by atoms with Gasteiger partial charge >= 0.3 is 0 Å². The molecule has 2 rings (SSSR count). The Morgan fingerprint density at radius 1 is 1.17 bits per heavy atom. The number of nitrogens with two attached hydrogens (primary N) is 1. The number of nitrogens with zero attached hydrogens (tertiary/aromatic N) is 1. The largest absolute Gasteiger partial charge is 0.337 e. The maximum absolute atomic E-state index is 12.9. The topological polar surface area (TPSA) is 80.5 Å². The summed E-state index contributed by atoms with van der Waals surface area (Å²) in [6.45, 7) is 1.99. The van der Waals surface area contributed by atoms with Gasteiger partial charge in [-0.05, 0) is 42.3 Å². The molecule has 0 atom stereocenters. The van der Waals surface area contributed by atoms with E-state index in [2.05, 4.69) is 0 Å². The van der Waals surface area contributed by atoms with Crippen LogP contribution < -0.4 is 5.14 Å². The van der Waals surface area contributed by atoms with Crippen molar-refractivity contribution in [2.24, 2.45) is 5.14 Å². The zero-order chi connectivity index (χ0) is 17.2. The van der Waals surface area contributed by atoms with Crippen molar-refractivity contribution in [2.45, 2.75) is 18.4 Å². The fourth-order valence-corrected chi connectivity index (χ4v) is 2.69. The summed E-state index contributed by atoms with van der Waals surface area (Å²) >= 11 is 0. The summed E-state index contributed by atoms with van der Waals surface area (Å²) in [5.74, 6) is -0.684. The van der Waals surface area contributed by atoms with Crippen molar-refractivity contribution in [3.05, 3.63) is 65.0 Å². The number of hydrogen-bond donors (Lipinski definition) is 1. The molecule has 0 heterocycles. The van der Waals surface area contributed by atoms with Gasteiger partial charge in [0.05, 0.1) is 4.90 Å². The zero-order valence-corrected chi connectivity index (χ0v) is 13.6. The second-order valence-electron chi connectivity index (χ2n) is 5.31. The normalized spacial score (nSPS) is 11.3. The minimum atomic E-state index is -3.88. The number of primary sulfonamides is 1. The molecule has 0 saturated heterocycles. The monoisotopic (exact) mass is 336 g/mol. The van der Waals surface area contributed by atoms with E-state index in [4.69, 9.17) is 5.14 Å². The summed E-state index contributed by atoms with van der Waals surface area (Å²) in [5.41, 5.74) is 1.68. The van der Waals surface area contributed by atoms with Gasteiger partial charge in [-0.3, -0.25) is 4.79 Å². The predicted octanol–water partition coefficient (Wildman–Crippen LogP) is 2.05. The number of benzene rings is 2. The van der Waals surface area contributed by atoms with E-state index in [-0.39, 0.29) is 28.7 Å². The van der Waals surface area contributed by atoms with Crippen molar-refractivity contribution in [3.8, 4) is 0 Å². The third kappa shape index (κ3) is 4.14. The lowest BCUT2D eigenvalue weighted by atomic mass is 10.1. The molecule has 0 aliphatic carbocycles. The highest BCUT2D eigenvalue weighted by molar-refractivity contribution is 7.89. The van der Waals surface area contributed by atoms with Crippen LogP contribution in [0, 0.1) is 12.7 Å². The van der Waals surface area contributed by atoms with Crippen LogP contribution >= 0.6 is 0 Å². The van der Waals surface area contributed by atoms with E-state index in [1.807, 2.05) is 0 Å². The number of hydrogen-bond acceptors (Lipinski definition) is 3. The highest BCUT2D eigenvalue weighted by Crippen LogP contribution is 2.17. The molecule has 0 bridgehead atoms. The molecule has 5 nitrogen and oxygen atoms in total. The van der Waals surface area contributed by atoms with Crippen LogP contribution in [-0.4, -0.2) is 26.3 Å². The SMILES string of the molecule is Cc1ccc(S(N)(=O)=O)cc1C(=O)N(C)Cc1ccc(F)cc1. The number of carbonyl (C=O) groups is 1. The number of aryl methyl sites for hydroxylation is 1. The molecular weight excluding hydrogens is 319 g/mol. The van der Waals surface area contributed by atoms with E-state index in [1.165, 1.54) is 29.2 Å². The molecule has 0 fully saturated rings. The Morgan fingerprint density at radius 3 is 2.35 bits per heavy atom. The molecule has 7 heteroatoms. The van der Waals surface area contributed by atoms with E-state index in [0.29, 0.717) is 5.56 Å². The third-order valence-electron chi connectivity index (χ3n) is 3.45. The van der Waals surface area contributed by atoms with Crippen LogP contribution in [0.4, 0.5) is 4.39 Å². The Kier molecular flexibility index (Phi) is 4.82. The zero-order valence-electron chi connectivity index (χ0n) is 12.8. The molecule has 0 spiro atoms. The smallest absolute Gasteiger partial charge is 0.254 e. The Morgan fingerprint density at radius 2 is 1.78 bits per heavy atom. The third-order valence-corrected chi connectivity index (χ3v) is 4.36. The standard InChI is InChI=1S/C16H17FN2O3S/c1-11-3-8-14(23(18,21)22)9-15(11)16(20)19(2)10-12-4-6-13(17)7-5-12/h3-9H,10H2,1-2H3,(H2,18,21,22). The fourth-order valence-electron chi connectivity index (χ4n) is 2.15. The van der Waals surface area contributed by atoms with Crippen molar-refractivity contribution < 1.29 is 17.6 Å². The van der Waals surface area contributed by atoms with Gasteiger partial charge in [-0.2, -0.15) is 0 Å². The van der Waals surface area contributed by atoms with Gasteiger partial charge in [0.25, 0.3) is 5.91 Å². The van der Waals surface area contributed by atoms with Crippen molar-refractivity contribution in [1.29, 1.82) is 0 Å². The van der Waals surface area contributed by atoms with E-state index >= 15 is 0 Å². The molecule has 0 aromatic heterocycles. The fraction of sp³-hybridized carbons (Fsp3) is 0.188. The molecule has 1 amide bonds. The second-order valence-corrected chi connectivity index (χ2v) is 6.87. The van der Waals surface area contributed by atoms with Crippen LogP contribution in [0.3, 0.4) is 0 Å². The first kappa shape index (κ1) is 17.1. The Balaban J connectivity index is 2.27. The summed E-state index contributed by atoms with van der Waals surface area (Å²) in [5, 5.41) is 5.10. The molecule has 0 aliphatic rings. The van der Waals surface area contributed by atoms with Crippen LogP contribution in [0.1, 0.15) is 21.5 Å². The van der Waals surface area contributed by atoms with Crippen molar-refractivity contribution in [1.82, 2.24) is 4.90 Å². The minimum Gasteiger partial charge on any atom is -0.337 e. The molecule has 0 radical (unpaired) electrons. The quantitative estimate of drug-likeness (QED) is 0.928. The highest BCUT2D eigenvalue weighted by Gasteiger charge is 2.18. The van der Waals surface area contributed by atoms with Crippen molar-refractivity contribution >= 4 is 15.9 Å². The first-order valence-corrected chi connectivity index (χ1v) is 8.36. The van der Waals surface area contributed by atoms with Gasteiger partial charge < -0.3 is 4.90 Å². The molecule has 0 saturated carbocycles. The maximum atomic E-state index is 12.9. The Bertz CT molecular complexity index is 833. The molecule has 2 N–H and O–H groups in total. The molecule has 2 aromatic carbocycles. The van der Waals surface area contributed by atoms with Gasteiger partial charge in [-0.1, -0.05) is 18.2 Å².